The number of fused-ring (bicyclic) bond motifs is 2. The molecule has 5 rings (SSSR count). The number of carbonyl (C=O) groups is 2. The molecular weight excluding hydrogens is 520 g/mol. The maximum Gasteiger partial charge on any atom is 0.270 e. The lowest BCUT2D eigenvalue weighted by molar-refractivity contribution is 0.0905. The number of nitrogens with one attached hydrogen (secondary N) is 2. The van der Waals surface area contributed by atoms with E-state index in [-0.39, 0.29) is 24.5 Å². The second-order valence-electron chi connectivity index (χ2n) is 8.97. The molecule has 0 spiro atoms. The number of anilines is 1. The number of thiophene rings is 1. The summed E-state index contributed by atoms with van der Waals surface area (Å²) in [4.78, 5) is 35.8. The Kier molecular flexibility index (Phi) is 7.68. The number of hydrogen-bond donors (Lipinski definition) is 4. The van der Waals surface area contributed by atoms with E-state index in [2.05, 4.69) is 22.5 Å². The van der Waals surface area contributed by atoms with Crippen LogP contribution >= 0.6 is 22.7 Å². The molecule has 0 saturated heterocycles. The number of rotatable bonds is 10. The van der Waals surface area contributed by atoms with Crippen molar-refractivity contribution in [3.05, 3.63) is 70.2 Å². The van der Waals surface area contributed by atoms with Gasteiger partial charge >= 0.3 is 0 Å². The molecule has 1 aromatic carbocycles. The van der Waals surface area contributed by atoms with Crippen LogP contribution in [0, 0.1) is 0 Å². The number of carbonyl (C=O) groups excluding carboxylic acids is 2. The van der Waals surface area contributed by atoms with Crippen LogP contribution in [-0.4, -0.2) is 43.9 Å². The smallest absolute Gasteiger partial charge is 0.270 e. The van der Waals surface area contributed by atoms with Gasteiger partial charge in [0.05, 0.1) is 28.4 Å². The standard InChI is InChI=1S/C27H28N6O3S2/c1-2-3-5-18(14-34)30-26(36)23-22(17-9-11-37-15-17)32-24-19(6-4-10-33(23)24)25(35)29-13-16-7-8-20-21(12-16)38-27(28)31-20/h4,6-12,15,18,34H,2-3,5,13-14H2,1H3,(H2,28,31)(H,29,35)(H,30,36)/t18-/m0/s1. The second kappa shape index (κ2) is 11.3. The molecule has 0 aliphatic heterocycles. The molecule has 5 N–H and O–H groups in total. The number of aliphatic hydroxyl groups is 1. The Bertz CT molecular complexity index is 1590. The predicted molar refractivity (Wildman–Crippen MR) is 152 cm³/mol. The maximum absolute atomic E-state index is 13.5. The summed E-state index contributed by atoms with van der Waals surface area (Å²) in [5.74, 6) is -0.645. The molecule has 0 aliphatic carbocycles. The number of nitrogens with two attached hydrogens (primary N) is 1. The van der Waals surface area contributed by atoms with Crippen LogP contribution in [0.5, 0.6) is 0 Å². The number of aliphatic hydroxyl groups excluding tert-OH is 1. The summed E-state index contributed by atoms with van der Waals surface area (Å²) in [6.45, 7) is 2.23. The van der Waals surface area contributed by atoms with E-state index in [0.717, 1.165) is 34.2 Å². The lowest BCUT2D eigenvalue weighted by Gasteiger charge is -2.16. The molecule has 11 heteroatoms. The van der Waals surface area contributed by atoms with Crippen molar-refractivity contribution in [2.45, 2.75) is 38.8 Å². The number of nitrogens with zero attached hydrogens (tertiary/aromatic N) is 3. The van der Waals surface area contributed by atoms with E-state index in [1.165, 1.54) is 22.7 Å². The summed E-state index contributed by atoms with van der Waals surface area (Å²) in [6, 6.07) is 10.7. The third-order valence-electron chi connectivity index (χ3n) is 6.29. The lowest BCUT2D eigenvalue weighted by Crippen LogP contribution is -2.38. The van der Waals surface area contributed by atoms with E-state index in [0.29, 0.717) is 40.7 Å². The number of imidazole rings is 1. The number of aromatic nitrogens is 3. The number of unbranched alkanes of at least 4 members (excludes halogenated alkanes) is 1. The first kappa shape index (κ1) is 25.8. The Morgan fingerprint density at radius 2 is 2.05 bits per heavy atom. The highest BCUT2D eigenvalue weighted by Gasteiger charge is 2.25. The minimum Gasteiger partial charge on any atom is -0.394 e. The van der Waals surface area contributed by atoms with E-state index < -0.39 is 0 Å². The molecule has 1 atom stereocenters. The van der Waals surface area contributed by atoms with Crippen molar-refractivity contribution in [1.82, 2.24) is 25.0 Å². The van der Waals surface area contributed by atoms with Crippen molar-refractivity contribution in [2.24, 2.45) is 0 Å². The molecule has 4 aromatic heterocycles. The average Bonchev–Trinajstić information content (AvgIpc) is 3.66. The van der Waals surface area contributed by atoms with Gasteiger partial charge in [0.1, 0.15) is 11.4 Å². The fraction of sp³-hybridized carbons (Fsp3) is 0.259. The van der Waals surface area contributed by atoms with E-state index in [9.17, 15) is 14.7 Å². The Hall–Kier alpha value is -3.80. The first-order chi connectivity index (χ1) is 18.5. The molecular formula is C27H28N6O3S2. The summed E-state index contributed by atoms with van der Waals surface area (Å²) in [7, 11) is 0. The second-order valence-corrected chi connectivity index (χ2v) is 10.8. The van der Waals surface area contributed by atoms with Crippen LogP contribution in [0.3, 0.4) is 0 Å². The number of nitrogen functional groups attached to an aromatic ring is 1. The zero-order chi connectivity index (χ0) is 26.6. The molecule has 2 amide bonds. The van der Waals surface area contributed by atoms with Gasteiger partial charge < -0.3 is 21.5 Å². The van der Waals surface area contributed by atoms with Gasteiger partial charge in [0, 0.05) is 23.7 Å². The SMILES string of the molecule is CCCC[C@@H](CO)NC(=O)c1c(-c2ccsc2)nc2c(C(=O)NCc3ccc4nc(N)sc4c3)cccn12. The summed E-state index contributed by atoms with van der Waals surface area (Å²) in [6.07, 6.45) is 4.26. The summed E-state index contributed by atoms with van der Waals surface area (Å²) in [5, 5.41) is 20.1. The zero-order valence-corrected chi connectivity index (χ0v) is 22.4. The van der Waals surface area contributed by atoms with Gasteiger partial charge in [0.25, 0.3) is 11.8 Å². The van der Waals surface area contributed by atoms with Gasteiger partial charge in [-0.1, -0.05) is 37.2 Å². The van der Waals surface area contributed by atoms with Gasteiger partial charge in [-0.25, -0.2) is 9.97 Å². The highest BCUT2D eigenvalue weighted by Crippen LogP contribution is 2.28. The van der Waals surface area contributed by atoms with Crippen molar-refractivity contribution in [3.63, 3.8) is 0 Å². The molecule has 38 heavy (non-hydrogen) atoms. The highest BCUT2D eigenvalue weighted by molar-refractivity contribution is 7.22. The molecule has 9 nitrogen and oxygen atoms in total. The van der Waals surface area contributed by atoms with Crippen LogP contribution in [0.15, 0.2) is 53.4 Å². The molecule has 0 radical (unpaired) electrons. The molecule has 0 fully saturated rings. The van der Waals surface area contributed by atoms with Crippen LogP contribution in [-0.2, 0) is 6.54 Å². The van der Waals surface area contributed by atoms with Crippen molar-refractivity contribution >= 4 is 55.5 Å². The van der Waals surface area contributed by atoms with Crippen LogP contribution in [0.2, 0.25) is 0 Å². The van der Waals surface area contributed by atoms with E-state index in [4.69, 9.17) is 10.7 Å². The van der Waals surface area contributed by atoms with Gasteiger partial charge in [0.2, 0.25) is 0 Å². The fourth-order valence-electron chi connectivity index (χ4n) is 4.35. The summed E-state index contributed by atoms with van der Waals surface area (Å²) >= 11 is 2.90. The van der Waals surface area contributed by atoms with E-state index in [1.54, 1.807) is 22.7 Å². The van der Waals surface area contributed by atoms with E-state index in [1.807, 2.05) is 35.0 Å². The predicted octanol–water partition coefficient (Wildman–Crippen LogP) is 4.47. The summed E-state index contributed by atoms with van der Waals surface area (Å²) < 4.78 is 2.61. The van der Waals surface area contributed by atoms with E-state index >= 15 is 0 Å². The van der Waals surface area contributed by atoms with Gasteiger partial charge in [-0.3, -0.25) is 14.0 Å². The third kappa shape index (κ3) is 5.26. The monoisotopic (exact) mass is 548 g/mol. The van der Waals surface area contributed by atoms with Crippen LogP contribution in [0.25, 0.3) is 27.1 Å². The van der Waals surface area contributed by atoms with Gasteiger partial charge in [0.15, 0.2) is 10.8 Å². The van der Waals surface area contributed by atoms with Crippen molar-refractivity contribution in [1.29, 1.82) is 0 Å². The Labute approximate surface area is 227 Å². The zero-order valence-electron chi connectivity index (χ0n) is 20.8. The number of amides is 2. The molecule has 4 heterocycles. The molecule has 5 aromatic rings. The number of hydrogen-bond acceptors (Lipinski definition) is 8. The number of benzene rings is 1. The Morgan fingerprint density at radius 3 is 2.82 bits per heavy atom. The van der Waals surface area contributed by atoms with Gasteiger partial charge in [-0.15, -0.1) is 0 Å². The normalized spacial score (nSPS) is 12.2. The number of pyridine rings is 1. The van der Waals surface area contributed by atoms with Crippen LogP contribution in [0.4, 0.5) is 5.13 Å². The average molecular weight is 549 g/mol. The fourth-order valence-corrected chi connectivity index (χ4v) is 5.79. The molecule has 0 aliphatic rings. The Balaban J connectivity index is 1.45. The molecule has 0 bridgehead atoms. The quantitative estimate of drug-likeness (QED) is 0.203. The van der Waals surface area contributed by atoms with Crippen LogP contribution < -0.4 is 16.4 Å². The highest BCUT2D eigenvalue weighted by atomic mass is 32.1. The minimum absolute atomic E-state index is 0.149. The Morgan fingerprint density at radius 1 is 1.18 bits per heavy atom. The first-order valence-corrected chi connectivity index (χ1v) is 14.1. The topological polar surface area (TPSA) is 135 Å². The van der Waals surface area contributed by atoms with Crippen molar-refractivity contribution in [3.8, 4) is 11.3 Å². The number of thiazole rings is 1. The molecule has 0 unspecified atom stereocenters. The van der Waals surface area contributed by atoms with Gasteiger partial charge in [-0.2, -0.15) is 11.3 Å². The summed E-state index contributed by atoms with van der Waals surface area (Å²) in [5.41, 5.74) is 9.91. The van der Waals surface area contributed by atoms with Crippen molar-refractivity contribution < 1.29 is 14.7 Å². The maximum atomic E-state index is 13.5. The first-order valence-electron chi connectivity index (χ1n) is 12.4. The van der Waals surface area contributed by atoms with Crippen molar-refractivity contribution in [2.75, 3.05) is 12.3 Å². The van der Waals surface area contributed by atoms with Crippen LogP contribution in [0.1, 0.15) is 52.6 Å². The largest absolute Gasteiger partial charge is 0.394 e. The third-order valence-corrected chi connectivity index (χ3v) is 7.82. The minimum atomic E-state index is -0.360. The molecule has 0 saturated carbocycles. The van der Waals surface area contributed by atoms with Gasteiger partial charge in [-0.05, 0) is 47.7 Å². The lowest BCUT2D eigenvalue weighted by atomic mass is 10.1. The molecule has 196 valence electrons.